The van der Waals surface area contributed by atoms with Gasteiger partial charge >= 0.3 is 0 Å². The summed E-state index contributed by atoms with van der Waals surface area (Å²) in [6, 6.07) is 17.8. The van der Waals surface area contributed by atoms with Crippen LogP contribution in [0.3, 0.4) is 0 Å². The van der Waals surface area contributed by atoms with Crippen LogP contribution in [0.15, 0.2) is 77.6 Å². The Kier molecular flexibility index (Phi) is 6.61. The molecular weight excluding hydrogens is 477 g/mol. The average Bonchev–Trinajstić information content (AvgIpc) is 3.55. The fraction of sp³-hybridized carbons (Fsp3) is 0.222. The third kappa shape index (κ3) is 4.90. The van der Waals surface area contributed by atoms with Gasteiger partial charge in [-0.25, -0.2) is 9.37 Å². The molecule has 0 radical (unpaired) electrons. The number of aromatic amines is 1. The summed E-state index contributed by atoms with van der Waals surface area (Å²) in [6.07, 6.45) is 3.52. The van der Waals surface area contributed by atoms with Crippen molar-refractivity contribution in [1.29, 1.82) is 0 Å². The lowest BCUT2D eigenvalue weighted by atomic mass is 9.94. The highest BCUT2D eigenvalue weighted by Gasteiger charge is 2.32. The molecule has 2 N–H and O–H groups in total. The van der Waals surface area contributed by atoms with Crippen LogP contribution in [-0.4, -0.2) is 29.6 Å². The van der Waals surface area contributed by atoms with Crippen molar-refractivity contribution in [3.63, 3.8) is 0 Å². The van der Waals surface area contributed by atoms with E-state index >= 15 is 4.39 Å². The highest BCUT2D eigenvalue weighted by Crippen LogP contribution is 2.35. The molecule has 3 heterocycles. The quantitative estimate of drug-likeness (QED) is 0.274. The Hall–Kier alpha value is -3.53. The number of pyridine rings is 1. The van der Waals surface area contributed by atoms with Crippen LogP contribution in [0.5, 0.6) is 0 Å². The molecule has 0 aliphatic rings. The third-order valence-corrected chi connectivity index (χ3v) is 7.50. The molecule has 0 saturated heterocycles. The molecule has 2 unspecified atom stereocenters. The number of nitrogens with one attached hydrogen (secondary N) is 2. The summed E-state index contributed by atoms with van der Waals surface area (Å²) in [6.45, 7) is 5.67. The van der Waals surface area contributed by atoms with E-state index in [9.17, 15) is 4.55 Å². The highest BCUT2D eigenvalue weighted by atomic mass is 32.2. The second-order valence-corrected chi connectivity index (χ2v) is 11.5. The molecule has 2 aromatic carbocycles. The van der Waals surface area contributed by atoms with Crippen molar-refractivity contribution in [3.05, 3.63) is 90.1 Å². The predicted octanol–water partition coefficient (Wildman–Crippen LogP) is 5.75. The largest absolute Gasteiger partial charge is 0.598 e. The molecule has 184 valence electrons. The summed E-state index contributed by atoms with van der Waals surface area (Å²) in [5, 5.41) is 11.9. The van der Waals surface area contributed by atoms with Crippen LogP contribution in [0.25, 0.3) is 33.5 Å². The van der Waals surface area contributed by atoms with E-state index < -0.39 is 28.0 Å². The van der Waals surface area contributed by atoms with Crippen LogP contribution in [0.2, 0.25) is 0 Å². The van der Waals surface area contributed by atoms with Gasteiger partial charge in [0.2, 0.25) is 0 Å². The molecule has 3 aromatic heterocycles. The summed E-state index contributed by atoms with van der Waals surface area (Å²) >= 11 is -1.42. The Morgan fingerprint density at radius 3 is 2.64 bits per heavy atom. The molecule has 0 aliphatic carbocycles. The SMILES string of the molecule is CC(C)(C)[S+]([O-])NC(Cc1nc(-c2cn[nH]c2)ccc1F)c1ccccc1-c1noc2ccccc12. The molecule has 0 bridgehead atoms. The van der Waals surface area contributed by atoms with Gasteiger partial charge in [-0.1, -0.05) is 41.6 Å². The first-order chi connectivity index (χ1) is 17.3. The summed E-state index contributed by atoms with van der Waals surface area (Å²) in [5.41, 5.74) is 4.61. The minimum Gasteiger partial charge on any atom is -0.598 e. The van der Waals surface area contributed by atoms with Crippen molar-refractivity contribution in [2.75, 3.05) is 0 Å². The van der Waals surface area contributed by atoms with E-state index in [0.29, 0.717) is 17.0 Å². The van der Waals surface area contributed by atoms with Crippen LogP contribution in [-0.2, 0) is 17.8 Å². The lowest BCUT2D eigenvalue weighted by Crippen LogP contribution is -2.42. The van der Waals surface area contributed by atoms with Crippen LogP contribution < -0.4 is 4.72 Å². The number of hydrogen-bond donors (Lipinski definition) is 2. The normalized spacial score (nSPS) is 13.7. The molecule has 5 aromatic rings. The van der Waals surface area contributed by atoms with Gasteiger partial charge in [0.1, 0.15) is 16.3 Å². The maximum Gasteiger partial charge on any atom is 0.167 e. The molecule has 7 nitrogen and oxygen atoms in total. The predicted molar refractivity (Wildman–Crippen MR) is 139 cm³/mol. The number of fused-ring (bicyclic) bond motifs is 1. The monoisotopic (exact) mass is 503 g/mol. The van der Waals surface area contributed by atoms with Gasteiger partial charge in [0.25, 0.3) is 0 Å². The van der Waals surface area contributed by atoms with Crippen LogP contribution >= 0.6 is 0 Å². The molecule has 5 rings (SSSR count). The van der Waals surface area contributed by atoms with Gasteiger partial charge in [-0.05, 0) is 50.6 Å². The number of nitrogens with zero attached hydrogens (tertiary/aromatic N) is 3. The van der Waals surface area contributed by atoms with Crippen molar-refractivity contribution in [2.45, 2.75) is 38.0 Å². The van der Waals surface area contributed by atoms with Crippen LogP contribution in [0, 0.1) is 5.82 Å². The van der Waals surface area contributed by atoms with E-state index in [0.717, 1.165) is 22.1 Å². The van der Waals surface area contributed by atoms with E-state index in [1.54, 1.807) is 18.5 Å². The van der Waals surface area contributed by atoms with Crippen molar-refractivity contribution >= 4 is 22.3 Å². The molecule has 9 heteroatoms. The minimum atomic E-state index is -1.42. The van der Waals surface area contributed by atoms with Crippen molar-refractivity contribution < 1.29 is 13.5 Å². The van der Waals surface area contributed by atoms with Gasteiger partial charge in [-0.15, -0.1) is 4.72 Å². The smallest absolute Gasteiger partial charge is 0.167 e. The van der Waals surface area contributed by atoms with Crippen molar-refractivity contribution in [1.82, 2.24) is 25.1 Å². The molecular formula is C27H26FN5O2S. The summed E-state index contributed by atoms with van der Waals surface area (Å²) < 4.78 is 36.5. The zero-order valence-corrected chi connectivity index (χ0v) is 21.0. The lowest BCUT2D eigenvalue weighted by Gasteiger charge is -2.29. The molecule has 0 spiro atoms. The fourth-order valence-corrected chi connectivity index (χ4v) is 4.81. The average molecular weight is 504 g/mol. The van der Waals surface area contributed by atoms with Gasteiger partial charge in [0, 0.05) is 40.5 Å². The van der Waals surface area contributed by atoms with Gasteiger partial charge in [0.05, 0.1) is 23.6 Å². The summed E-state index contributed by atoms with van der Waals surface area (Å²) in [4.78, 5) is 4.58. The first-order valence-corrected chi connectivity index (χ1v) is 12.7. The number of benzene rings is 2. The minimum absolute atomic E-state index is 0.173. The fourth-order valence-electron chi connectivity index (χ4n) is 3.99. The van der Waals surface area contributed by atoms with Crippen molar-refractivity contribution in [2.24, 2.45) is 0 Å². The number of H-pyrrole nitrogens is 1. The zero-order valence-electron chi connectivity index (χ0n) is 20.2. The Morgan fingerprint density at radius 1 is 1.08 bits per heavy atom. The number of para-hydroxylation sites is 1. The van der Waals surface area contributed by atoms with Gasteiger partial charge in [0.15, 0.2) is 5.58 Å². The summed E-state index contributed by atoms with van der Waals surface area (Å²) in [7, 11) is 0. The number of hydrogen-bond acceptors (Lipinski definition) is 6. The maximum absolute atomic E-state index is 15.0. The number of rotatable bonds is 7. The second kappa shape index (κ2) is 9.85. The Labute approximate surface area is 211 Å². The van der Waals surface area contributed by atoms with E-state index in [1.165, 1.54) is 6.07 Å². The molecule has 0 saturated carbocycles. The van der Waals surface area contributed by atoms with E-state index in [2.05, 4.69) is 25.1 Å². The first kappa shape index (κ1) is 24.2. The third-order valence-electron chi connectivity index (χ3n) is 5.88. The van der Waals surface area contributed by atoms with Crippen LogP contribution in [0.4, 0.5) is 4.39 Å². The standard InChI is InChI=1S/C27H26FN5O2S/c1-27(2,3)36(34)33-23(14-24-21(28)12-13-22(31-24)17-15-29-30-16-17)18-8-4-5-9-19(18)26-20-10-6-7-11-25(20)35-32-26/h4-13,15-16,23,33H,14H2,1-3H3,(H,29,30). The maximum atomic E-state index is 15.0. The number of aromatic nitrogens is 4. The first-order valence-electron chi connectivity index (χ1n) is 11.6. The summed E-state index contributed by atoms with van der Waals surface area (Å²) in [5.74, 6) is -0.431. The van der Waals surface area contributed by atoms with Gasteiger partial charge in [-0.2, -0.15) is 5.10 Å². The Balaban J connectivity index is 1.60. The highest BCUT2D eigenvalue weighted by molar-refractivity contribution is 7.90. The lowest BCUT2D eigenvalue weighted by molar-refractivity contribution is 0.459. The van der Waals surface area contributed by atoms with Gasteiger partial charge in [-0.3, -0.25) is 5.10 Å². The Morgan fingerprint density at radius 2 is 1.86 bits per heavy atom. The van der Waals surface area contributed by atoms with E-state index in [-0.39, 0.29) is 12.1 Å². The molecule has 0 amide bonds. The van der Waals surface area contributed by atoms with E-state index in [4.69, 9.17) is 4.52 Å². The number of halogens is 1. The molecule has 36 heavy (non-hydrogen) atoms. The van der Waals surface area contributed by atoms with Gasteiger partial charge < -0.3 is 9.08 Å². The second-order valence-electron chi connectivity index (χ2n) is 9.48. The van der Waals surface area contributed by atoms with E-state index in [1.807, 2.05) is 69.3 Å². The zero-order chi connectivity index (χ0) is 25.3. The van der Waals surface area contributed by atoms with Crippen molar-refractivity contribution in [3.8, 4) is 22.5 Å². The topological polar surface area (TPSA) is 103 Å². The van der Waals surface area contributed by atoms with Crippen LogP contribution in [0.1, 0.15) is 38.1 Å². The molecule has 2 atom stereocenters. The molecule has 0 fully saturated rings. The molecule has 0 aliphatic heterocycles. The Bertz CT molecular complexity index is 1480.